The third kappa shape index (κ3) is 2.43. The summed E-state index contributed by atoms with van der Waals surface area (Å²) in [6.45, 7) is 3.46. The Labute approximate surface area is 150 Å². The fourth-order valence-corrected chi connectivity index (χ4v) is 3.08. The van der Waals surface area contributed by atoms with E-state index in [4.69, 9.17) is 0 Å². The van der Waals surface area contributed by atoms with E-state index in [0.29, 0.717) is 33.9 Å². The standard InChI is InChI=1S/C20H16N4O2/c1-13-17(19(25)23(21-13)15-9-5-3-6-10-15)18-14(2)22-24(20(18)26)16-11-7-4-8-12-16/h3-12H,1-2H3/b18-17+. The summed E-state index contributed by atoms with van der Waals surface area (Å²) in [4.78, 5) is 25.9. The van der Waals surface area contributed by atoms with Gasteiger partial charge in [0.05, 0.1) is 33.9 Å². The van der Waals surface area contributed by atoms with Crippen LogP contribution in [0.4, 0.5) is 11.4 Å². The second-order valence-electron chi connectivity index (χ2n) is 6.03. The van der Waals surface area contributed by atoms with Gasteiger partial charge in [-0.25, -0.2) is 0 Å². The molecule has 0 aliphatic carbocycles. The maximum absolute atomic E-state index is 13.0. The Hall–Kier alpha value is -3.54. The van der Waals surface area contributed by atoms with Crippen molar-refractivity contribution in [3.8, 4) is 0 Å². The summed E-state index contributed by atoms with van der Waals surface area (Å²) in [5.41, 5.74) is 2.94. The van der Waals surface area contributed by atoms with Gasteiger partial charge >= 0.3 is 0 Å². The van der Waals surface area contributed by atoms with Crippen LogP contribution in [0.3, 0.4) is 0 Å². The van der Waals surface area contributed by atoms with Crippen LogP contribution in [0.1, 0.15) is 13.8 Å². The first-order chi connectivity index (χ1) is 12.6. The molecule has 0 radical (unpaired) electrons. The topological polar surface area (TPSA) is 65.3 Å². The lowest BCUT2D eigenvalue weighted by atomic mass is 10.0. The van der Waals surface area contributed by atoms with Crippen molar-refractivity contribution in [2.45, 2.75) is 13.8 Å². The minimum Gasteiger partial charge on any atom is -0.267 e. The first-order valence-corrected chi connectivity index (χ1v) is 8.22. The molecular formula is C20H16N4O2. The smallest absolute Gasteiger partial charge is 0.267 e. The molecule has 0 N–H and O–H groups in total. The number of anilines is 2. The first-order valence-electron chi connectivity index (χ1n) is 8.22. The molecule has 6 nitrogen and oxygen atoms in total. The summed E-state index contributed by atoms with van der Waals surface area (Å²) in [7, 11) is 0. The average Bonchev–Trinajstić information content (AvgIpc) is 3.12. The number of carbonyl (C=O) groups excluding carboxylic acids is 2. The first kappa shape index (κ1) is 16.0. The molecule has 2 aliphatic heterocycles. The fraction of sp³-hybridized carbons (Fsp3) is 0.100. The molecule has 4 rings (SSSR count). The Balaban J connectivity index is 1.76. The highest BCUT2D eigenvalue weighted by Crippen LogP contribution is 2.30. The average molecular weight is 344 g/mol. The SMILES string of the molecule is CC1=NN(c2ccccc2)C(=O)/C1=C1/C(=O)N(c2ccccc2)N=C1C. The van der Waals surface area contributed by atoms with E-state index in [9.17, 15) is 9.59 Å². The fourth-order valence-electron chi connectivity index (χ4n) is 3.08. The van der Waals surface area contributed by atoms with Crippen molar-refractivity contribution in [1.82, 2.24) is 0 Å². The zero-order valence-corrected chi connectivity index (χ0v) is 14.4. The van der Waals surface area contributed by atoms with Crippen molar-refractivity contribution in [3.05, 3.63) is 71.8 Å². The van der Waals surface area contributed by atoms with E-state index < -0.39 is 0 Å². The van der Waals surface area contributed by atoms with E-state index in [2.05, 4.69) is 10.2 Å². The van der Waals surface area contributed by atoms with Gasteiger partial charge < -0.3 is 0 Å². The number of amides is 2. The van der Waals surface area contributed by atoms with Crippen LogP contribution < -0.4 is 10.0 Å². The molecule has 0 saturated carbocycles. The minimum atomic E-state index is -0.318. The van der Waals surface area contributed by atoms with Crippen LogP contribution in [-0.2, 0) is 9.59 Å². The van der Waals surface area contributed by atoms with Crippen LogP contribution in [0, 0.1) is 0 Å². The number of benzene rings is 2. The van der Waals surface area contributed by atoms with Crippen LogP contribution >= 0.6 is 0 Å². The molecule has 0 atom stereocenters. The van der Waals surface area contributed by atoms with Crippen LogP contribution in [0.25, 0.3) is 0 Å². The molecule has 0 unspecified atom stereocenters. The third-order valence-corrected chi connectivity index (χ3v) is 4.29. The van der Waals surface area contributed by atoms with Crippen molar-refractivity contribution < 1.29 is 9.59 Å². The molecular weight excluding hydrogens is 328 g/mol. The van der Waals surface area contributed by atoms with Crippen LogP contribution in [0.5, 0.6) is 0 Å². The third-order valence-electron chi connectivity index (χ3n) is 4.29. The zero-order valence-electron chi connectivity index (χ0n) is 14.4. The summed E-state index contributed by atoms with van der Waals surface area (Å²) in [5, 5.41) is 11.3. The van der Waals surface area contributed by atoms with Gasteiger partial charge in [0.25, 0.3) is 11.8 Å². The normalized spacial score (nSPS) is 19.9. The number of carbonyl (C=O) groups is 2. The summed E-state index contributed by atoms with van der Waals surface area (Å²) < 4.78 is 0. The number of nitrogens with zero attached hydrogens (tertiary/aromatic N) is 4. The van der Waals surface area contributed by atoms with Gasteiger partial charge in [0.15, 0.2) is 0 Å². The summed E-state index contributed by atoms with van der Waals surface area (Å²) >= 11 is 0. The molecule has 6 heteroatoms. The second kappa shape index (κ2) is 6.07. The maximum atomic E-state index is 13.0. The lowest BCUT2D eigenvalue weighted by Crippen LogP contribution is -2.27. The van der Waals surface area contributed by atoms with Gasteiger partial charge in [-0.15, -0.1) is 0 Å². The largest absolute Gasteiger partial charge is 0.281 e. The van der Waals surface area contributed by atoms with Crippen molar-refractivity contribution in [3.63, 3.8) is 0 Å². The Morgan fingerprint density at radius 3 is 1.31 bits per heavy atom. The Bertz CT molecular complexity index is 909. The lowest BCUT2D eigenvalue weighted by Gasteiger charge is -2.13. The highest BCUT2D eigenvalue weighted by Gasteiger charge is 2.39. The summed E-state index contributed by atoms with van der Waals surface area (Å²) in [6.07, 6.45) is 0. The molecule has 0 fully saturated rings. The molecule has 26 heavy (non-hydrogen) atoms. The van der Waals surface area contributed by atoms with Gasteiger partial charge in [-0.2, -0.15) is 20.2 Å². The van der Waals surface area contributed by atoms with Crippen LogP contribution in [0.15, 0.2) is 82.0 Å². The van der Waals surface area contributed by atoms with E-state index in [1.54, 1.807) is 38.1 Å². The molecule has 128 valence electrons. The molecule has 2 heterocycles. The molecule has 0 bridgehead atoms. The van der Waals surface area contributed by atoms with E-state index in [0.717, 1.165) is 0 Å². The molecule has 2 aromatic carbocycles. The highest BCUT2D eigenvalue weighted by molar-refractivity contribution is 6.41. The highest BCUT2D eigenvalue weighted by atomic mass is 16.2. The van der Waals surface area contributed by atoms with Gasteiger partial charge in [0, 0.05) is 0 Å². The van der Waals surface area contributed by atoms with Crippen molar-refractivity contribution in [1.29, 1.82) is 0 Å². The van der Waals surface area contributed by atoms with Crippen molar-refractivity contribution >= 4 is 34.6 Å². The van der Waals surface area contributed by atoms with Gasteiger partial charge in [-0.3, -0.25) is 9.59 Å². The van der Waals surface area contributed by atoms with E-state index >= 15 is 0 Å². The summed E-state index contributed by atoms with van der Waals surface area (Å²) in [6, 6.07) is 18.3. The van der Waals surface area contributed by atoms with Gasteiger partial charge in [-0.1, -0.05) is 36.4 Å². The predicted molar refractivity (Wildman–Crippen MR) is 101 cm³/mol. The van der Waals surface area contributed by atoms with Gasteiger partial charge in [0.1, 0.15) is 0 Å². The van der Waals surface area contributed by atoms with E-state index in [1.807, 2.05) is 36.4 Å². The number of hydrogen-bond acceptors (Lipinski definition) is 4. The van der Waals surface area contributed by atoms with Crippen molar-refractivity contribution in [2.75, 3.05) is 10.0 Å². The second-order valence-corrected chi connectivity index (χ2v) is 6.03. The molecule has 0 aromatic heterocycles. The Kier molecular flexibility index (Phi) is 3.73. The van der Waals surface area contributed by atoms with Gasteiger partial charge in [-0.05, 0) is 38.1 Å². The van der Waals surface area contributed by atoms with Crippen LogP contribution in [-0.4, -0.2) is 23.2 Å². The van der Waals surface area contributed by atoms with Crippen LogP contribution in [0.2, 0.25) is 0 Å². The minimum absolute atomic E-state index is 0.304. The zero-order chi connectivity index (χ0) is 18.3. The monoisotopic (exact) mass is 344 g/mol. The molecule has 2 aromatic rings. The number of para-hydroxylation sites is 2. The molecule has 2 aliphatic rings. The number of hydrazone groups is 2. The Morgan fingerprint density at radius 1 is 0.615 bits per heavy atom. The van der Waals surface area contributed by atoms with Gasteiger partial charge in [0.2, 0.25) is 0 Å². The number of hydrogen-bond donors (Lipinski definition) is 0. The molecule has 0 spiro atoms. The van der Waals surface area contributed by atoms with E-state index in [-0.39, 0.29) is 11.8 Å². The van der Waals surface area contributed by atoms with Crippen molar-refractivity contribution in [2.24, 2.45) is 10.2 Å². The van der Waals surface area contributed by atoms with E-state index in [1.165, 1.54) is 10.0 Å². The lowest BCUT2D eigenvalue weighted by molar-refractivity contribution is -0.116. The quantitative estimate of drug-likeness (QED) is 0.786. The predicted octanol–water partition coefficient (Wildman–Crippen LogP) is 3.13. The Morgan fingerprint density at radius 2 is 0.962 bits per heavy atom. The summed E-state index contributed by atoms with van der Waals surface area (Å²) in [5.74, 6) is -0.636. The molecule has 0 saturated heterocycles. The number of rotatable bonds is 2. The maximum Gasteiger partial charge on any atom is 0.281 e. The molecule has 2 amide bonds.